The minimum Gasteiger partial charge on any atom is -0.494 e. The van der Waals surface area contributed by atoms with Crippen LogP contribution in [0, 0.1) is 0 Å². The first kappa shape index (κ1) is 17.5. The molecular weight excluding hydrogens is 282 g/mol. The van der Waals surface area contributed by atoms with E-state index in [9.17, 15) is 9.59 Å². The van der Waals surface area contributed by atoms with E-state index in [0.29, 0.717) is 13.2 Å². The Hall–Kier alpha value is -2.56. The zero-order valence-electron chi connectivity index (χ0n) is 12.9. The normalized spacial score (nSPS) is 11.7. The van der Waals surface area contributed by atoms with Crippen LogP contribution in [0.2, 0.25) is 0 Å². The third-order valence-electron chi connectivity index (χ3n) is 2.69. The number of rotatable bonds is 8. The van der Waals surface area contributed by atoms with E-state index >= 15 is 0 Å². The lowest BCUT2D eigenvalue weighted by molar-refractivity contribution is -0.150. The highest BCUT2D eigenvalue weighted by atomic mass is 16.5. The molecule has 0 saturated carbocycles. The Balaban J connectivity index is 2.49. The standard InChI is InChI=1S/C17H21NO4/c1-4-12-18-17(20)13(3)22-16(19)11-8-14-6-9-15(10-7-14)21-5-2/h4,6-11,13H,1,5,12H2,2-3H3,(H,18,20)/b11-8+. The van der Waals surface area contributed by atoms with Crippen LogP contribution < -0.4 is 10.1 Å². The van der Waals surface area contributed by atoms with Crippen molar-refractivity contribution in [3.05, 3.63) is 48.6 Å². The van der Waals surface area contributed by atoms with Gasteiger partial charge in [-0.1, -0.05) is 18.2 Å². The molecule has 0 bridgehead atoms. The molecule has 1 atom stereocenters. The van der Waals surface area contributed by atoms with Crippen LogP contribution in [0.15, 0.2) is 43.0 Å². The smallest absolute Gasteiger partial charge is 0.331 e. The predicted molar refractivity (Wildman–Crippen MR) is 85.4 cm³/mol. The second-order valence-corrected chi connectivity index (χ2v) is 4.45. The zero-order chi connectivity index (χ0) is 16.4. The van der Waals surface area contributed by atoms with Gasteiger partial charge in [-0.2, -0.15) is 0 Å². The second-order valence-electron chi connectivity index (χ2n) is 4.45. The number of amides is 1. The molecule has 1 unspecified atom stereocenters. The lowest BCUT2D eigenvalue weighted by Gasteiger charge is -2.11. The fraction of sp³-hybridized carbons (Fsp3) is 0.294. The summed E-state index contributed by atoms with van der Waals surface area (Å²) in [4.78, 5) is 23.2. The Morgan fingerprint density at radius 3 is 2.59 bits per heavy atom. The van der Waals surface area contributed by atoms with Gasteiger partial charge in [0.1, 0.15) is 5.75 Å². The van der Waals surface area contributed by atoms with Crippen LogP contribution >= 0.6 is 0 Å². The number of carbonyl (C=O) groups is 2. The minimum absolute atomic E-state index is 0.336. The molecule has 1 aromatic rings. The number of esters is 1. The summed E-state index contributed by atoms with van der Waals surface area (Å²) in [6.45, 7) is 7.86. The van der Waals surface area contributed by atoms with Gasteiger partial charge in [-0.3, -0.25) is 4.79 Å². The summed E-state index contributed by atoms with van der Waals surface area (Å²) in [6, 6.07) is 7.30. The van der Waals surface area contributed by atoms with Crippen molar-refractivity contribution < 1.29 is 19.1 Å². The molecule has 118 valence electrons. The van der Waals surface area contributed by atoms with Crippen molar-refractivity contribution in [1.29, 1.82) is 0 Å². The average Bonchev–Trinajstić information content (AvgIpc) is 2.52. The quantitative estimate of drug-likeness (QED) is 0.455. The van der Waals surface area contributed by atoms with Gasteiger partial charge in [0.15, 0.2) is 6.10 Å². The maximum Gasteiger partial charge on any atom is 0.331 e. The number of hydrogen-bond donors (Lipinski definition) is 1. The molecule has 1 rings (SSSR count). The minimum atomic E-state index is -0.850. The SMILES string of the molecule is C=CCNC(=O)C(C)OC(=O)/C=C/c1ccc(OCC)cc1. The topological polar surface area (TPSA) is 64.6 Å². The number of ether oxygens (including phenoxy) is 2. The van der Waals surface area contributed by atoms with Crippen molar-refractivity contribution in [3.8, 4) is 5.75 Å². The van der Waals surface area contributed by atoms with Crippen molar-refractivity contribution in [2.75, 3.05) is 13.2 Å². The first-order chi connectivity index (χ1) is 10.6. The number of hydrogen-bond acceptors (Lipinski definition) is 4. The van der Waals surface area contributed by atoms with E-state index in [2.05, 4.69) is 11.9 Å². The highest BCUT2D eigenvalue weighted by Gasteiger charge is 2.15. The number of carbonyl (C=O) groups excluding carboxylic acids is 2. The van der Waals surface area contributed by atoms with E-state index < -0.39 is 12.1 Å². The molecule has 1 amide bonds. The highest BCUT2D eigenvalue weighted by molar-refractivity contribution is 5.90. The van der Waals surface area contributed by atoms with Crippen LogP contribution in [-0.2, 0) is 14.3 Å². The number of nitrogens with one attached hydrogen (secondary N) is 1. The lowest BCUT2D eigenvalue weighted by atomic mass is 10.2. The van der Waals surface area contributed by atoms with Gasteiger partial charge >= 0.3 is 5.97 Å². The van der Waals surface area contributed by atoms with Gasteiger partial charge in [-0.25, -0.2) is 4.79 Å². The molecule has 0 aliphatic rings. The Kier molecular flexibility index (Phi) is 7.47. The predicted octanol–water partition coefficient (Wildman–Crippen LogP) is 2.33. The van der Waals surface area contributed by atoms with Crippen LogP contribution in [0.5, 0.6) is 5.75 Å². The van der Waals surface area contributed by atoms with Gasteiger partial charge in [0.25, 0.3) is 5.91 Å². The molecule has 0 heterocycles. The van der Waals surface area contributed by atoms with Gasteiger partial charge < -0.3 is 14.8 Å². The summed E-state index contributed by atoms with van der Waals surface area (Å²) in [6.07, 6.45) is 3.61. The Labute approximate surface area is 130 Å². The Morgan fingerprint density at radius 2 is 2.00 bits per heavy atom. The third-order valence-corrected chi connectivity index (χ3v) is 2.69. The summed E-state index contributed by atoms with van der Waals surface area (Å²) >= 11 is 0. The third kappa shape index (κ3) is 6.26. The molecule has 0 fully saturated rings. The van der Waals surface area contributed by atoms with Crippen molar-refractivity contribution in [2.24, 2.45) is 0 Å². The molecule has 0 aliphatic carbocycles. The van der Waals surface area contributed by atoms with Crippen LogP contribution in [0.4, 0.5) is 0 Å². The van der Waals surface area contributed by atoms with Crippen LogP contribution in [-0.4, -0.2) is 31.1 Å². The zero-order valence-corrected chi connectivity index (χ0v) is 12.9. The molecule has 5 heteroatoms. The average molecular weight is 303 g/mol. The Morgan fingerprint density at radius 1 is 1.32 bits per heavy atom. The van der Waals surface area contributed by atoms with E-state index in [1.54, 1.807) is 12.2 Å². The molecule has 0 spiro atoms. The van der Waals surface area contributed by atoms with E-state index in [4.69, 9.17) is 9.47 Å². The summed E-state index contributed by atoms with van der Waals surface area (Å²) in [5.41, 5.74) is 0.837. The summed E-state index contributed by atoms with van der Waals surface area (Å²) < 4.78 is 10.3. The van der Waals surface area contributed by atoms with Gasteiger partial charge in [-0.05, 0) is 37.6 Å². The van der Waals surface area contributed by atoms with Crippen LogP contribution in [0.25, 0.3) is 6.08 Å². The van der Waals surface area contributed by atoms with Gasteiger partial charge in [0.2, 0.25) is 0 Å². The van der Waals surface area contributed by atoms with Crippen LogP contribution in [0.1, 0.15) is 19.4 Å². The van der Waals surface area contributed by atoms with Crippen molar-refractivity contribution in [2.45, 2.75) is 20.0 Å². The monoisotopic (exact) mass is 303 g/mol. The maximum absolute atomic E-state index is 11.6. The Bertz CT molecular complexity index is 534. The molecule has 0 aromatic heterocycles. The maximum atomic E-state index is 11.6. The number of benzene rings is 1. The summed E-state index contributed by atoms with van der Waals surface area (Å²) in [7, 11) is 0. The first-order valence-corrected chi connectivity index (χ1v) is 7.07. The van der Waals surface area contributed by atoms with E-state index in [1.807, 2.05) is 31.2 Å². The fourth-order valence-corrected chi connectivity index (χ4v) is 1.59. The summed E-state index contributed by atoms with van der Waals surface area (Å²) in [5, 5.41) is 2.56. The van der Waals surface area contributed by atoms with Crippen molar-refractivity contribution >= 4 is 18.0 Å². The molecule has 0 radical (unpaired) electrons. The lowest BCUT2D eigenvalue weighted by Crippen LogP contribution is -2.35. The molecular formula is C17H21NO4. The molecule has 5 nitrogen and oxygen atoms in total. The molecule has 0 saturated heterocycles. The molecule has 0 aliphatic heterocycles. The second kappa shape index (κ2) is 9.39. The largest absolute Gasteiger partial charge is 0.494 e. The van der Waals surface area contributed by atoms with Crippen molar-refractivity contribution in [3.63, 3.8) is 0 Å². The fourth-order valence-electron chi connectivity index (χ4n) is 1.59. The van der Waals surface area contributed by atoms with Gasteiger partial charge in [0.05, 0.1) is 6.61 Å². The molecule has 22 heavy (non-hydrogen) atoms. The van der Waals surface area contributed by atoms with E-state index in [0.717, 1.165) is 11.3 Å². The van der Waals surface area contributed by atoms with E-state index in [1.165, 1.54) is 13.0 Å². The molecule has 1 aromatic carbocycles. The van der Waals surface area contributed by atoms with Gasteiger partial charge in [-0.15, -0.1) is 6.58 Å². The highest BCUT2D eigenvalue weighted by Crippen LogP contribution is 2.13. The van der Waals surface area contributed by atoms with Crippen LogP contribution in [0.3, 0.4) is 0 Å². The van der Waals surface area contributed by atoms with Gasteiger partial charge in [0, 0.05) is 12.6 Å². The summed E-state index contributed by atoms with van der Waals surface area (Å²) in [5.74, 6) is -0.160. The van der Waals surface area contributed by atoms with Crippen molar-refractivity contribution in [1.82, 2.24) is 5.32 Å². The first-order valence-electron chi connectivity index (χ1n) is 7.07. The molecule has 1 N–H and O–H groups in total. The van der Waals surface area contributed by atoms with E-state index in [-0.39, 0.29) is 5.91 Å².